The van der Waals surface area contributed by atoms with Crippen molar-refractivity contribution in [3.05, 3.63) is 35.1 Å². The Morgan fingerprint density at radius 1 is 1.38 bits per heavy atom. The average molecular weight is 294 g/mol. The zero-order chi connectivity index (χ0) is 15.1. The number of piperidine rings is 1. The number of carbonyl (C=O) groups excluding carboxylic acids is 1. The summed E-state index contributed by atoms with van der Waals surface area (Å²) in [7, 11) is 0. The Balaban J connectivity index is 1.71. The minimum atomic E-state index is -0.432. The second kappa shape index (κ2) is 8.10. The third-order valence-electron chi connectivity index (χ3n) is 4.02. The number of aliphatic hydroxyl groups is 1. The molecule has 1 amide bonds. The highest BCUT2D eigenvalue weighted by Gasteiger charge is 2.14. The number of hydrogen-bond acceptors (Lipinski definition) is 3. The smallest absolute Gasteiger partial charge is 0.220 e. The van der Waals surface area contributed by atoms with Crippen molar-refractivity contribution in [1.82, 2.24) is 10.6 Å². The topological polar surface area (TPSA) is 61.4 Å². The van der Waals surface area contributed by atoms with Crippen molar-refractivity contribution in [1.29, 1.82) is 0 Å². The molecule has 4 nitrogen and oxygen atoms in total. The molecule has 0 aromatic heterocycles. The molecule has 21 heavy (non-hydrogen) atoms. The van der Waals surface area contributed by atoms with Gasteiger partial charge in [-0.15, -0.1) is 0 Å². The summed E-state index contributed by atoms with van der Waals surface area (Å²) >= 11 is 0. The Labute approximate surface area is 124 Å². The van der Waals surface area contributed by atoms with Crippen LogP contribution in [0.15, 0.2) is 18.2 Å². The maximum atomic E-state index is 13.5. The molecule has 0 radical (unpaired) electrons. The molecule has 0 saturated carbocycles. The van der Waals surface area contributed by atoms with Crippen molar-refractivity contribution in [3.63, 3.8) is 0 Å². The third-order valence-corrected chi connectivity index (χ3v) is 4.02. The zero-order valence-electron chi connectivity index (χ0n) is 12.2. The van der Waals surface area contributed by atoms with Crippen molar-refractivity contribution in [3.8, 4) is 0 Å². The summed E-state index contributed by atoms with van der Waals surface area (Å²) < 4.78 is 13.5. The van der Waals surface area contributed by atoms with Crippen LogP contribution < -0.4 is 10.6 Å². The van der Waals surface area contributed by atoms with Gasteiger partial charge in [-0.3, -0.25) is 4.79 Å². The van der Waals surface area contributed by atoms with Crippen LogP contribution in [0.3, 0.4) is 0 Å². The number of hydrogen-bond donors (Lipinski definition) is 3. The minimum Gasteiger partial charge on any atom is -0.392 e. The van der Waals surface area contributed by atoms with E-state index >= 15 is 0 Å². The predicted molar refractivity (Wildman–Crippen MR) is 79.0 cm³/mol. The van der Waals surface area contributed by atoms with Gasteiger partial charge in [0.05, 0.1) is 6.61 Å². The first-order valence-electron chi connectivity index (χ1n) is 7.54. The lowest BCUT2D eigenvalue weighted by Crippen LogP contribution is -2.29. The predicted octanol–water partition coefficient (Wildman–Crippen LogP) is 1.71. The molecule has 0 unspecified atom stereocenters. The lowest BCUT2D eigenvalue weighted by molar-refractivity contribution is -0.121. The van der Waals surface area contributed by atoms with Crippen molar-refractivity contribution < 1.29 is 14.3 Å². The summed E-state index contributed by atoms with van der Waals surface area (Å²) in [4.78, 5) is 11.8. The number of benzene rings is 1. The van der Waals surface area contributed by atoms with Gasteiger partial charge in [-0.05, 0) is 49.9 Å². The molecule has 0 atom stereocenters. The lowest BCUT2D eigenvalue weighted by atomic mass is 9.93. The molecule has 1 aromatic carbocycles. The van der Waals surface area contributed by atoms with Gasteiger partial charge in [0.2, 0.25) is 5.91 Å². The summed E-state index contributed by atoms with van der Waals surface area (Å²) in [5.74, 6) is 0.220. The maximum Gasteiger partial charge on any atom is 0.220 e. The highest BCUT2D eigenvalue weighted by molar-refractivity contribution is 5.75. The van der Waals surface area contributed by atoms with Crippen molar-refractivity contribution >= 4 is 5.91 Å². The van der Waals surface area contributed by atoms with Gasteiger partial charge in [0.15, 0.2) is 0 Å². The van der Waals surface area contributed by atoms with Crippen LogP contribution >= 0.6 is 0 Å². The van der Waals surface area contributed by atoms with Crippen LogP contribution in [-0.2, 0) is 17.9 Å². The molecule has 0 bridgehead atoms. The van der Waals surface area contributed by atoms with E-state index in [4.69, 9.17) is 5.11 Å². The second-order valence-corrected chi connectivity index (χ2v) is 5.59. The summed E-state index contributed by atoms with van der Waals surface area (Å²) in [5.41, 5.74) is 0.982. The largest absolute Gasteiger partial charge is 0.392 e. The maximum absolute atomic E-state index is 13.5. The molecule has 0 spiro atoms. The number of carbonyl (C=O) groups is 1. The van der Waals surface area contributed by atoms with Gasteiger partial charge in [0.1, 0.15) is 5.82 Å². The number of nitrogens with one attached hydrogen (secondary N) is 2. The molecular formula is C16H23FN2O2. The van der Waals surface area contributed by atoms with Crippen molar-refractivity contribution in [2.24, 2.45) is 5.92 Å². The van der Waals surface area contributed by atoms with Crippen molar-refractivity contribution in [2.45, 2.75) is 38.8 Å². The van der Waals surface area contributed by atoms with Crippen LogP contribution in [0.25, 0.3) is 0 Å². The molecule has 0 aliphatic carbocycles. The SMILES string of the molecule is O=C(CCC1CCNCC1)NCc1ccc(CO)c(F)c1. The first-order chi connectivity index (χ1) is 10.2. The molecular weight excluding hydrogens is 271 g/mol. The fourth-order valence-electron chi connectivity index (χ4n) is 2.62. The van der Waals surface area contributed by atoms with E-state index in [0.717, 1.165) is 32.4 Å². The number of amides is 1. The number of aliphatic hydroxyl groups excluding tert-OH is 1. The summed E-state index contributed by atoms with van der Waals surface area (Å²) in [6.07, 6.45) is 3.73. The summed E-state index contributed by atoms with van der Waals surface area (Å²) in [6.45, 7) is 2.11. The van der Waals surface area contributed by atoms with E-state index < -0.39 is 5.82 Å². The van der Waals surface area contributed by atoms with Crippen LogP contribution in [-0.4, -0.2) is 24.1 Å². The Bertz CT molecular complexity index is 473. The highest BCUT2D eigenvalue weighted by atomic mass is 19.1. The molecule has 1 aromatic rings. The van der Waals surface area contributed by atoms with Crippen LogP contribution in [0.4, 0.5) is 4.39 Å². The standard InChI is InChI=1S/C16H23FN2O2/c17-15-9-13(1-3-14(15)11-20)10-19-16(21)4-2-12-5-7-18-8-6-12/h1,3,9,12,18,20H,2,4-8,10-11H2,(H,19,21). The van der Waals surface area contributed by atoms with Crippen molar-refractivity contribution in [2.75, 3.05) is 13.1 Å². The third kappa shape index (κ3) is 5.10. The van der Waals surface area contributed by atoms with Gasteiger partial charge < -0.3 is 15.7 Å². The van der Waals surface area contributed by atoms with E-state index in [2.05, 4.69) is 10.6 Å². The molecule has 1 aliphatic rings. The Hall–Kier alpha value is -1.46. The van der Waals surface area contributed by atoms with E-state index in [1.807, 2.05) is 0 Å². The van der Waals surface area contributed by atoms with E-state index in [9.17, 15) is 9.18 Å². The Kier molecular flexibility index (Phi) is 6.14. The number of rotatable bonds is 6. The molecule has 1 aliphatic heterocycles. The molecule has 3 N–H and O–H groups in total. The zero-order valence-corrected chi connectivity index (χ0v) is 12.2. The normalized spacial score (nSPS) is 15.9. The average Bonchev–Trinajstić information content (AvgIpc) is 2.52. The van der Waals surface area contributed by atoms with Gasteiger partial charge in [-0.2, -0.15) is 0 Å². The highest BCUT2D eigenvalue weighted by Crippen LogP contribution is 2.17. The van der Waals surface area contributed by atoms with E-state index in [1.165, 1.54) is 6.07 Å². The second-order valence-electron chi connectivity index (χ2n) is 5.59. The summed E-state index contributed by atoms with van der Waals surface area (Å²) in [6, 6.07) is 4.63. The monoisotopic (exact) mass is 294 g/mol. The molecule has 1 heterocycles. The van der Waals surface area contributed by atoms with Gasteiger partial charge >= 0.3 is 0 Å². The summed E-state index contributed by atoms with van der Waals surface area (Å²) in [5, 5.41) is 15.0. The first kappa shape index (κ1) is 15.9. The molecule has 116 valence electrons. The fourth-order valence-corrected chi connectivity index (χ4v) is 2.62. The molecule has 5 heteroatoms. The van der Waals surface area contributed by atoms with Crippen LogP contribution in [0.2, 0.25) is 0 Å². The van der Waals surface area contributed by atoms with E-state index in [0.29, 0.717) is 24.4 Å². The lowest BCUT2D eigenvalue weighted by Gasteiger charge is -2.22. The molecule has 1 saturated heterocycles. The fraction of sp³-hybridized carbons (Fsp3) is 0.562. The first-order valence-corrected chi connectivity index (χ1v) is 7.54. The van der Waals surface area contributed by atoms with Gasteiger partial charge in [-0.1, -0.05) is 12.1 Å². The van der Waals surface area contributed by atoms with Gasteiger partial charge in [-0.25, -0.2) is 4.39 Å². The van der Waals surface area contributed by atoms with Gasteiger partial charge in [0.25, 0.3) is 0 Å². The minimum absolute atomic E-state index is 0.0141. The Morgan fingerprint density at radius 2 is 2.14 bits per heavy atom. The van der Waals surface area contributed by atoms with Gasteiger partial charge in [0, 0.05) is 18.5 Å². The number of halogens is 1. The Morgan fingerprint density at radius 3 is 2.81 bits per heavy atom. The van der Waals surface area contributed by atoms with Crippen LogP contribution in [0.1, 0.15) is 36.8 Å². The van der Waals surface area contributed by atoms with Crippen LogP contribution in [0, 0.1) is 11.7 Å². The molecule has 2 rings (SSSR count). The quantitative estimate of drug-likeness (QED) is 0.748. The van der Waals surface area contributed by atoms with E-state index in [-0.39, 0.29) is 18.1 Å². The molecule has 1 fully saturated rings. The van der Waals surface area contributed by atoms with Crippen LogP contribution in [0.5, 0.6) is 0 Å². The van der Waals surface area contributed by atoms with E-state index in [1.54, 1.807) is 12.1 Å².